The molecular weight excluding hydrogens is 479 g/mol. The maximum Gasteiger partial charge on any atom is 0.494 e. The minimum atomic E-state index is -0.379. The van der Waals surface area contributed by atoms with Crippen LogP contribution in [-0.2, 0) is 15.7 Å². The number of hydrogen-bond acceptors (Lipinski definition) is 4. The van der Waals surface area contributed by atoms with E-state index in [0.717, 1.165) is 51.8 Å². The quantitative estimate of drug-likeness (QED) is 0.159. The van der Waals surface area contributed by atoms with Gasteiger partial charge in [0.2, 0.25) is 0 Å². The second-order valence-electron chi connectivity index (χ2n) is 11.6. The van der Waals surface area contributed by atoms with Crippen molar-refractivity contribution < 1.29 is 9.31 Å². The van der Waals surface area contributed by atoms with E-state index in [1.807, 2.05) is 12.1 Å². The molecule has 0 bridgehead atoms. The Kier molecular flexibility index (Phi) is 7.41. The fourth-order valence-electron chi connectivity index (χ4n) is 5.16. The Morgan fingerprint density at radius 1 is 0.872 bits per heavy atom. The highest BCUT2D eigenvalue weighted by molar-refractivity contribution is 6.62. The zero-order chi connectivity index (χ0) is 27.8. The molecule has 1 atom stereocenters. The molecule has 1 heterocycles. The summed E-state index contributed by atoms with van der Waals surface area (Å²) >= 11 is 0. The average molecular weight is 519 g/mol. The van der Waals surface area contributed by atoms with E-state index in [2.05, 4.69) is 114 Å². The summed E-state index contributed by atoms with van der Waals surface area (Å²) in [5, 5.41) is 2.31. The smallest absolute Gasteiger partial charge is 0.399 e. The van der Waals surface area contributed by atoms with Crippen LogP contribution in [0.25, 0.3) is 10.8 Å². The average Bonchev–Trinajstić information content (AvgIpc) is 3.14. The van der Waals surface area contributed by atoms with Gasteiger partial charge < -0.3 is 15.0 Å². The van der Waals surface area contributed by atoms with E-state index in [0.29, 0.717) is 0 Å². The molecule has 1 unspecified atom stereocenters. The number of rotatable bonds is 7. The molecule has 0 saturated carbocycles. The van der Waals surface area contributed by atoms with E-state index in [-0.39, 0.29) is 24.4 Å². The van der Waals surface area contributed by atoms with Crippen LogP contribution >= 0.6 is 0 Å². The number of benzene rings is 4. The minimum Gasteiger partial charge on any atom is -0.399 e. The fraction of sp³-hybridized carbons (Fsp3) is 0.324. The van der Waals surface area contributed by atoms with Gasteiger partial charge in [0.25, 0.3) is 0 Å². The van der Waals surface area contributed by atoms with Gasteiger partial charge >= 0.3 is 7.12 Å². The molecule has 4 aromatic carbocycles. The summed E-state index contributed by atoms with van der Waals surface area (Å²) in [7, 11) is -0.379. The maximum absolute atomic E-state index is 6.66. The Labute approximate surface area is 233 Å². The van der Waals surface area contributed by atoms with Gasteiger partial charge in [0, 0.05) is 16.8 Å². The van der Waals surface area contributed by atoms with Crippen molar-refractivity contribution in [1.82, 2.24) is 0 Å². The van der Waals surface area contributed by atoms with Crippen molar-refractivity contribution >= 4 is 34.8 Å². The van der Waals surface area contributed by atoms with Crippen LogP contribution in [0.15, 0.2) is 89.9 Å². The van der Waals surface area contributed by atoms with Crippen molar-refractivity contribution in [2.45, 2.75) is 71.6 Å². The van der Waals surface area contributed by atoms with Gasteiger partial charge in [-0.2, -0.15) is 0 Å². The van der Waals surface area contributed by atoms with Crippen LogP contribution in [-0.4, -0.2) is 24.0 Å². The summed E-state index contributed by atoms with van der Waals surface area (Å²) < 4.78 is 12.5. The largest absolute Gasteiger partial charge is 0.494 e. The van der Waals surface area contributed by atoms with Crippen molar-refractivity contribution in [3.8, 4) is 0 Å². The third-order valence-electron chi connectivity index (χ3n) is 8.21. The van der Waals surface area contributed by atoms with Crippen molar-refractivity contribution in [3.63, 3.8) is 0 Å². The standard InChI is InChI=1S/C34H39BN2O2/c1-7-11-24-14-20-29-27(22-24)17-21-30(36)31(29)32(26-12-9-8-10-13-26)37-23(2)25-15-18-28(19-16-25)35-38-33(3,4)34(5,6)39-35/h8-10,12-23H,7,11,36H2,1-6H3. The van der Waals surface area contributed by atoms with Gasteiger partial charge in [0.1, 0.15) is 0 Å². The number of aryl methyl sites for hydroxylation is 1. The summed E-state index contributed by atoms with van der Waals surface area (Å²) in [5.74, 6) is 0. The number of hydrogen-bond donors (Lipinski definition) is 1. The predicted octanol–water partition coefficient (Wildman–Crippen LogP) is 7.27. The molecular formula is C34H39BN2O2. The van der Waals surface area contributed by atoms with E-state index >= 15 is 0 Å². The second kappa shape index (κ2) is 10.6. The summed E-state index contributed by atoms with van der Waals surface area (Å²) in [6.07, 6.45) is 2.18. The SMILES string of the molecule is CCCc1ccc2c(C(=NC(C)c3ccc(B4OC(C)(C)C(C)(C)O4)cc3)c3ccccc3)c(N)ccc2c1. The minimum absolute atomic E-state index is 0.0819. The van der Waals surface area contributed by atoms with Crippen LogP contribution in [0.4, 0.5) is 5.69 Å². The fourth-order valence-corrected chi connectivity index (χ4v) is 5.16. The third-order valence-corrected chi connectivity index (χ3v) is 8.21. The predicted molar refractivity (Wildman–Crippen MR) is 165 cm³/mol. The third kappa shape index (κ3) is 5.39. The molecule has 5 rings (SSSR count). The van der Waals surface area contributed by atoms with Crippen LogP contribution in [0, 0.1) is 0 Å². The molecule has 0 aromatic heterocycles. The van der Waals surface area contributed by atoms with E-state index in [1.54, 1.807) is 0 Å². The molecule has 4 nitrogen and oxygen atoms in total. The Hall–Kier alpha value is -3.41. The topological polar surface area (TPSA) is 56.8 Å². The van der Waals surface area contributed by atoms with Gasteiger partial charge in [0.15, 0.2) is 0 Å². The van der Waals surface area contributed by atoms with Gasteiger partial charge in [0.05, 0.1) is 23.0 Å². The molecule has 0 radical (unpaired) electrons. The summed E-state index contributed by atoms with van der Waals surface area (Å²) in [4.78, 5) is 5.30. The first kappa shape index (κ1) is 27.2. The van der Waals surface area contributed by atoms with Crippen molar-refractivity contribution in [2.75, 3.05) is 5.73 Å². The van der Waals surface area contributed by atoms with Crippen LogP contribution in [0.3, 0.4) is 0 Å². The van der Waals surface area contributed by atoms with E-state index in [1.165, 1.54) is 10.9 Å². The van der Waals surface area contributed by atoms with E-state index in [4.69, 9.17) is 20.0 Å². The molecule has 1 aliphatic heterocycles. The van der Waals surface area contributed by atoms with Crippen LogP contribution < -0.4 is 11.2 Å². The molecule has 2 N–H and O–H groups in total. The highest BCUT2D eigenvalue weighted by Crippen LogP contribution is 2.36. The monoisotopic (exact) mass is 518 g/mol. The second-order valence-corrected chi connectivity index (χ2v) is 11.6. The summed E-state index contributed by atoms with van der Waals surface area (Å²) in [5.41, 5.74) is 13.1. The molecule has 4 aromatic rings. The highest BCUT2D eigenvalue weighted by Gasteiger charge is 2.51. The van der Waals surface area contributed by atoms with Gasteiger partial charge in [-0.05, 0) is 74.5 Å². The highest BCUT2D eigenvalue weighted by atomic mass is 16.7. The Balaban J connectivity index is 1.53. The Morgan fingerprint density at radius 2 is 1.54 bits per heavy atom. The van der Waals surface area contributed by atoms with E-state index in [9.17, 15) is 0 Å². The lowest BCUT2D eigenvalue weighted by molar-refractivity contribution is 0.00578. The normalized spacial score (nSPS) is 17.5. The number of nitrogens with two attached hydrogens (primary N) is 1. The van der Waals surface area contributed by atoms with Gasteiger partial charge in [-0.1, -0.05) is 92.2 Å². The lowest BCUT2D eigenvalue weighted by Crippen LogP contribution is -2.41. The molecule has 0 aliphatic carbocycles. The molecule has 5 heteroatoms. The molecule has 1 saturated heterocycles. The summed E-state index contributed by atoms with van der Waals surface area (Å²) in [6.45, 7) is 12.6. The Bertz CT molecular complexity index is 1480. The Morgan fingerprint density at radius 3 is 2.18 bits per heavy atom. The molecule has 1 fully saturated rings. The molecule has 39 heavy (non-hydrogen) atoms. The first-order valence-corrected chi connectivity index (χ1v) is 14.0. The van der Waals surface area contributed by atoms with Crippen LogP contribution in [0.2, 0.25) is 0 Å². The van der Waals surface area contributed by atoms with Crippen molar-refractivity contribution in [1.29, 1.82) is 0 Å². The number of fused-ring (bicyclic) bond motifs is 1. The van der Waals surface area contributed by atoms with Crippen molar-refractivity contribution in [3.05, 3.63) is 107 Å². The number of anilines is 1. The maximum atomic E-state index is 6.66. The number of nitrogen functional groups attached to an aromatic ring is 1. The van der Waals surface area contributed by atoms with Gasteiger partial charge in [-0.3, -0.25) is 4.99 Å². The molecule has 200 valence electrons. The van der Waals surface area contributed by atoms with Crippen molar-refractivity contribution in [2.24, 2.45) is 4.99 Å². The molecule has 0 amide bonds. The number of nitrogens with zero attached hydrogens (tertiary/aromatic N) is 1. The molecule has 0 spiro atoms. The first-order valence-electron chi connectivity index (χ1n) is 14.0. The zero-order valence-electron chi connectivity index (χ0n) is 24.0. The van der Waals surface area contributed by atoms with Gasteiger partial charge in [-0.15, -0.1) is 0 Å². The van der Waals surface area contributed by atoms with Crippen LogP contribution in [0.1, 0.15) is 76.3 Å². The van der Waals surface area contributed by atoms with E-state index < -0.39 is 0 Å². The lowest BCUT2D eigenvalue weighted by atomic mass is 9.78. The lowest BCUT2D eigenvalue weighted by Gasteiger charge is -2.32. The molecule has 1 aliphatic rings. The number of aliphatic imine (C=N–C) groups is 1. The van der Waals surface area contributed by atoms with Crippen LogP contribution in [0.5, 0.6) is 0 Å². The van der Waals surface area contributed by atoms with Gasteiger partial charge in [-0.25, -0.2) is 0 Å². The first-order chi connectivity index (χ1) is 18.6. The zero-order valence-corrected chi connectivity index (χ0v) is 24.0. The summed E-state index contributed by atoms with van der Waals surface area (Å²) in [6, 6.07) is 29.5.